The zero-order valence-corrected chi connectivity index (χ0v) is 15.9. The van der Waals surface area contributed by atoms with E-state index in [1.54, 1.807) is 18.1 Å². The van der Waals surface area contributed by atoms with Gasteiger partial charge in [-0.3, -0.25) is 9.67 Å². The first-order valence-electron chi connectivity index (χ1n) is 7.79. The molecule has 0 amide bonds. The van der Waals surface area contributed by atoms with Crippen LogP contribution in [0.25, 0.3) is 0 Å². The summed E-state index contributed by atoms with van der Waals surface area (Å²) in [5, 5.41) is 10.6. The summed E-state index contributed by atoms with van der Waals surface area (Å²) < 4.78 is 1.76. The molecule has 2 heterocycles. The van der Waals surface area contributed by atoms with Crippen LogP contribution in [-0.4, -0.2) is 58.9 Å². The Morgan fingerprint density at radius 2 is 2.05 bits per heavy atom. The van der Waals surface area contributed by atoms with Crippen molar-refractivity contribution in [2.45, 2.75) is 32.2 Å². The van der Waals surface area contributed by atoms with Crippen LogP contribution in [0.4, 0.5) is 0 Å². The molecule has 1 saturated heterocycles. The van der Waals surface area contributed by atoms with E-state index in [4.69, 9.17) is 0 Å². The smallest absolute Gasteiger partial charge is 0.191 e. The molecule has 126 valence electrons. The number of aliphatic imine (C=N–C) groups is 1. The summed E-state index contributed by atoms with van der Waals surface area (Å²) in [7, 11) is 3.68. The van der Waals surface area contributed by atoms with Crippen LogP contribution in [-0.2, 0) is 13.6 Å². The molecule has 7 nitrogen and oxygen atoms in total. The van der Waals surface area contributed by atoms with Crippen LogP contribution in [0.1, 0.15) is 31.5 Å². The molecule has 0 aliphatic carbocycles. The second-order valence-corrected chi connectivity index (χ2v) is 5.41. The van der Waals surface area contributed by atoms with Crippen molar-refractivity contribution in [2.24, 2.45) is 12.0 Å². The highest BCUT2D eigenvalue weighted by Crippen LogP contribution is 2.07. The number of nitrogens with zero attached hydrogens (tertiary/aromatic N) is 5. The van der Waals surface area contributed by atoms with Crippen molar-refractivity contribution in [1.29, 1.82) is 0 Å². The zero-order chi connectivity index (χ0) is 14.9. The van der Waals surface area contributed by atoms with Gasteiger partial charge in [-0.1, -0.05) is 0 Å². The summed E-state index contributed by atoms with van der Waals surface area (Å²) in [6, 6.07) is 0. The second-order valence-electron chi connectivity index (χ2n) is 5.41. The number of rotatable bonds is 7. The summed E-state index contributed by atoms with van der Waals surface area (Å²) in [5.41, 5.74) is 0. The maximum absolute atomic E-state index is 4.22. The molecule has 0 unspecified atom stereocenters. The molecule has 1 fully saturated rings. The highest BCUT2D eigenvalue weighted by molar-refractivity contribution is 14.0. The number of halogens is 1. The molecule has 0 atom stereocenters. The molecule has 0 saturated carbocycles. The molecule has 2 N–H and O–H groups in total. The average Bonchev–Trinajstić information content (AvgIpc) is 3.14. The topological polar surface area (TPSA) is 70.4 Å². The second kappa shape index (κ2) is 10.8. The van der Waals surface area contributed by atoms with Gasteiger partial charge < -0.3 is 15.5 Å². The third-order valence-electron chi connectivity index (χ3n) is 3.83. The molecule has 2 rings (SSSR count). The Labute approximate surface area is 150 Å². The van der Waals surface area contributed by atoms with E-state index in [0.717, 1.165) is 18.3 Å². The lowest BCUT2D eigenvalue weighted by Crippen LogP contribution is -2.38. The summed E-state index contributed by atoms with van der Waals surface area (Å²) >= 11 is 0. The lowest BCUT2D eigenvalue weighted by atomic mass is 10.3. The third-order valence-corrected chi connectivity index (χ3v) is 3.83. The van der Waals surface area contributed by atoms with Crippen molar-refractivity contribution < 1.29 is 0 Å². The number of nitrogens with one attached hydrogen (secondary N) is 2. The van der Waals surface area contributed by atoms with Crippen LogP contribution in [0.15, 0.2) is 11.3 Å². The molecule has 0 radical (unpaired) electrons. The first-order chi connectivity index (χ1) is 10.3. The lowest BCUT2D eigenvalue weighted by Gasteiger charge is -2.15. The quantitative estimate of drug-likeness (QED) is 0.297. The van der Waals surface area contributed by atoms with Crippen LogP contribution in [0.3, 0.4) is 0 Å². The van der Waals surface area contributed by atoms with Crippen molar-refractivity contribution in [1.82, 2.24) is 30.3 Å². The van der Waals surface area contributed by atoms with E-state index in [1.165, 1.54) is 45.3 Å². The standard InChI is InChI=1S/C14H27N7.HI/c1-15-14(17-11-13-18-12-19-20(13)2)16-7-3-4-8-21-9-5-6-10-21;/h12H,3-11H2,1-2H3,(H2,15,16,17);1H. The molecule has 0 aromatic carbocycles. The largest absolute Gasteiger partial charge is 0.356 e. The number of aryl methyl sites for hydroxylation is 1. The molecule has 0 bridgehead atoms. The molecule has 8 heteroatoms. The van der Waals surface area contributed by atoms with E-state index in [2.05, 4.69) is 30.6 Å². The number of hydrogen-bond donors (Lipinski definition) is 2. The predicted octanol–water partition coefficient (Wildman–Crippen LogP) is 0.974. The van der Waals surface area contributed by atoms with E-state index >= 15 is 0 Å². The Hall–Kier alpha value is -0.900. The van der Waals surface area contributed by atoms with Gasteiger partial charge in [0.1, 0.15) is 12.2 Å². The van der Waals surface area contributed by atoms with Crippen molar-refractivity contribution in [3.05, 3.63) is 12.2 Å². The minimum atomic E-state index is 0. The molecule has 1 aliphatic heterocycles. The molecule has 22 heavy (non-hydrogen) atoms. The molecule has 0 spiro atoms. The van der Waals surface area contributed by atoms with Crippen molar-refractivity contribution in [3.8, 4) is 0 Å². The Balaban J connectivity index is 0.00000242. The maximum atomic E-state index is 4.22. The van der Waals surface area contributed by atoms with E-state index in [0.29, 0.717) is 6.54 Å². The number of hydrogen-bond acceptors (Lipinski definition) is 4. The van der Waals surface area contributed by atoms with Gasteiger partial charge in [0.05, 0.1) is 6.54 Å². The fourth-order valence-corrected chi connectivity index (χ4v) is 2.54. The van der Waals surface area contributed by atoms with Gasteiger partial charge in [0.15, 0.2) is 5.96 Å². The van der Waals surface area contributed by atoms with Crippen LogP contribution < -0.4 is 10.6 Å². The van der Waals surface area contributed by atoms with E-state index < -0.39 is 0 Å². The molecule has 1 aliphatic rings. The van der Waals surface area contributed by atoms with Gasteiger partial charge in [0.25, 0.3) is 0 Å². The molecular weight excluding hydrogens is 393 g/mol. The zero-order valence-electron chi connectivity index (χ0n) is 13.6. The van der Waals surface area contributed by atoms with Gasteiger partial charge in [-0.15, -0.1) is 24.0 Å². The summed E-state index contributed by atoms with van der Waals surface area (Å²) in [4.78, 5) is 11.0. The van der Waals surface area contributed by atoms with Crippen molar-refractivity contribution in [2.75, 3.05) is 33.2 Å². The van der Waals surface area contributed by atoms with Crippen LogP contribution >= 0.6 is 24.0 Å². The normalized spacial score (nSPS) is 15.6. The number of likely N-dealkylation sites (tertiary alicyclic amines) is 1. The average molecular weight is 421 g/mol. The van der Waals surface area contributed by atoms with Crippen LogP contribution in [0.5, 0.6) is 0 Å². The van der Waals surface area contributed by atoms with E-state index in [9.17, 15) is 0 Å². The molecular formula is C14H28IN7. The van der Waals surface area contributed by atoms with Gasteiger partial charge in [0.2, 0.25) is 0 Å². The van der Waals surface area contributed by atoms with Gasteiger partial charge >= 0.3 is 0 Å². The van der Waals surface area contributed by atoms with Crippen LogP contribution in [0.2, 0.25) is 0 Å². The number of aromatic nitrogens is 3. The molecule has 1 aromatic rings. The van der Waals surface area contributed by atoms with E-state index in [-0.39, 0.29) is 24.0 Å². The van der Waals surface area contributed by atoms with Gasteiger partial charge in [-0.25, -0.2) is 4.98 Å². The van der Waals surface area contributed by atoms with Gasteiger partial charge in [-0.05, 0) is 45.3 Å². The number of unbranched alkanes of at least 4 members (excludes halogenated alkanes) is 1. The predicted molar refractivity (Wildman–Crippen MR) is 99.5 cm³/mol. The highest BCUT2D eigenvalue weighted by atomic mass is 127. The van der Waals surface area contributed by atoms with Gasteiger partial charge in [0, 0.05) is 20.6 Å². The third kappa shape index (κ3) is 6.47. The van der Waals surface area contributed by atoms with Crippen LogP contribution in [0, 0.1) is 0 Å². The Morgan fingerprint density at radius 3 is 2.68 bits per heavy atom. The lowest BCUT2D eigenvalue weighted by molar-refractivity contribution is 0.330. The fraction of sp³-hybridized carbons (Fsp3) is 0.786. The Kier molecular flexibility index (Phi) is 9.37. The Bertz CT molecular complexity index is 440. The minimum Gasteiger partial charge on any atom is -0.356 e. The SMILES string of the molecule is CN=C(NCCCCN1CCCC1)NCc1ncnn1C.I. The Morgan fingerprint density at radius 1 is 1.27 bits per heavy atom. The van der Waals surface area contributed by atoms with Crippen molar-refractivity contribution >= 4 is 29.9 Å². The number of guanidine groups is 1. The maximum Gasteiger partial charge on any atom is 0.191 e. The summed E-state index contributed by atoms with van der Waals surface area (Å²) in [6.45, 7) is 5.38. The summed E-state index contributed by atoms with van der Waals surface area (Å²) in [5.74, 6) is 1.71. The fourth-order valence-electron chi connectivity index (χ4n) is 2.54. The molecule has 1 aromatic heterocycles. The highest BCUT2D eigenvalue weighted by Gasteiger charge is 2.10. The van der Waals surface area contributed by atoms with Gasteiger partial charge in [-0.2, -0.15) is 5.10 Å². The van der Waals surface area contributed by atoms with E-state index in [1.807, 2.05) is 7.05 Å². The van der Waals surface area contributed by atoms with Crippen molar-refractivity contribution in [3.63, 3.8) is 0 Å². The first kappa shape index (κ1) is 19.1. The summed E-state index contributed by atoms with van der Waals surface area (Å²) in [6.07, 6.45) is 6.72. The first-order valence-corrected chi connectivity index (χ1v) is 7.79. The monoisotopic (exact) mass is 421 g/mol. The minimum absolute atomic E-state index is 0.